The predicted octanol–water partition coefficient (Wildman–Crippen LogP) is 3.35. The average Bonchev–Trinajstić information content (AvgIpc) is 2.68. The molecule has 3 nitrogen and oxygen atoms in total. The van der Waals surface area contributed by atoms with Gasteiger partial charge in [-0.15, -0.1) is 0 Å². The molecule has 0 saturated carbocycles. The van der Waals surface area contributed by atoms with Crippen LogP contribution in [-0.4, -0.2) is 12.5 Å². The Hall–Kier alpha value is -1.35. The molecule has 0 bridgehead atoms. The highest BCUT2D eigenvalue weighted by Gasteiger charge is 2.35. The maximum absolute atomic E-state index is 12.3. The van der Waals surface area contributed by atoms with Gasteiger partial charge in [0.1, 0.15) is 0 Å². The minimum absolute atomic E-state index is 0.0173. The Labute approximate surface area is 115 Å². The van der Waals surface area contributed by atoms with Gasteiger partial charge in [-0.2, -0.15) is 0 Å². The molecule has 0 aromatic heterocycles. The number of amides is 1. The molecule has 2 atom stereocenters. The molecule has 2 rings (SSSR count). The van der Waals surface area contributed by atoms with Crippen molar-refractivity contribution in [1.29, 1.82) is 0 Å². The number of likely N-dealkylation sites (N-methyl/N-ethyl adjacent to an activating group) is 1. The molecule has 1 aliphatic heterocycles. The second-order valence-electron chi connectivity index (χ2n) is 5.26. The van der Waals surface area contributed by atoms with E-state index in [1.165, 1.54) is 5.56 Å². The number of hydrogen-bond donors (Lipinski definition) is 1. The van der Waals surface area contributed by atoms with Crippen LogP contribution < -0.4 is 10.6 Å². The van der Waals surface area contributed by atoms with Crippen LogP contribution in [0.5, 0.6) is 0 Å². The molecule has 0 radical (unpaired) electrons. The minimum atomic E-state index is 0.0173. The Morgan fingerprint density at radius 3 is 2.63 bits per heavy atom. The third-order valence-corrected chi connectivity index (χ3v) is 4.03. The summed E-state index contributed by atoms with van der Waals surface area (Å²) in [5.41, 5.74) is 9.59. The van der Waals surface area contributed by atoms with Gasteiger partial charge in [0, 0.05) is 18.3 Å². The first-order valence-electron chi connectivity index (χ1n) is 7.34. The Kier molecular flexibility index (Phi) is 4.25. The lowest BCUT2D eigenvalue weighted by Crippen LogP contribution is -2.28. The van der Waals surface area contributed by atoms with E-state index < -0.39 is 0 Å². The molecule has 1 heterocycles. The van der Waals surface area contributed by atoms with Gasteiger partial charge >= 0.3 is 0 Å². The van der Waals surface area contributed by atoms with E-state index in [-0.39, 0.29) is 17.9 Å². The Morgan fingerprint density at radius 1 is 1.32 bits per heavy atom. The molecule has 1 aromatic rings. The topological polar surface area (TPSA) is 46.3 Å². The molecule has 1 aliphatic rings. The van der Waals surface area contributed by atoms with E-state index in [0.29, 0.717) is 0 Å². The van der Waals surface area contributed by atoms with Crippen LogP contribution in [0.4, 0.5) is 5.69 Å². The summed E-state index contributed by atoms with van der Waals surface area (Å²) in [7, 11) is 0. The number of anilines is 1. The monoisotopic (exact) mass is 260 g/mol. The van der Waals surface area contributed by atoms with Crippen molar-refractivity contribution in [3.63, 3.8) is 0 Å². The first-order valence-corrected chi connectivity index (χ1v) is 7.34. The SMILES string of the molecule is CCCC(N)c1ccc2c(c1)C(CC)C(=O)N2CC. The minimum Gasteiger partial charge on any atom is -0.324 e. The number of hydrogen-bond acceptors (Lipinski definition) is 2. The van der Waals surface area contributed by atoms with Gasteiger partial charge in [0.05, 0.1) is 5.92 Å². The quantitative estimate of drug-likeness (QED) is 0.882. The van der Waals surface area contributed by atoms with E-state index in [1.807, 2.05) is 11.8 Å². The summed E-state index contributed by atoms with van der Waals surface area (Å²) in [5, 5.41) is 0. The van der Waals surface area contributed by atoms with Crippen molar-refractivity contribution < 1.29 is 4.79 Å². The van der Waals surface area contributed by atoms with Crippen molar-refractivity contribution in [2.75, 3.05) is 11.4 Å². The lowest BCUT2D eigenvalue weighted by Gasteiger charge is -2.16. The summed E-state index contributed by atoms with van der Waals surface area (Å²) in [4.78, 5) is 14.2. The first kappa shape index (κ1) is 14.1. The molecule has 0 fully saturated rings. The summed E-state index contributed by atoms with van der Waals surface area (Å²) in [6, 6.07) is 6.38. The third kappa shape index (κ3) is 2.39. The smallest absolute Gasteiger partial charge is 0.234 e. The predicted molar refractivity (Wildman–Crippen MR) is 79.3 cm³/mol. The first-order chi connectivity index (χ1) is 9.13. The van der Waals surface area contributed by atoms with Crippen LogP contribution in [0.25, 0.3) is 0 Å². The molecular formula is C16H24N2O. The van der Waals surface area contributed by atoms with Crippen molar-refractivity contribution in [2.24, 2.45) is 5.73 Å². The van der Waals surface area contributed by atoms with Crippen LogP contribution in [-0.2, 0) is 4.79 Å². The highest BCUT2D eigenvalue weighted by atomic mass is 16.2. The van der Waals surface area contributed by atoms with Crippen molar-refractivity contribution in [3.8, 4) is 0 Å². The zero-order valence-corrected chi connectivity index (χ0v) is 12.1. The van der Waals surface area contributed by atoms with E-state index in [9.17, 15) is 4.79 Å². The van der Waals surface area contributed by atoms with Crippen LogP contribution in [0, 0.1) is 0 Å². The van der Waals surface area contributed by atoms with E-state index in [4.69, 9.17) is 5.73 Å². The van der Waals surface area contributed by atoms with Gasteiger partial charge in [-0.05, 0) is 37.0 Å². The highest BCUT2D eigenvalue weighted by Crippen LogP contribution is 2.40. The van der Waals surface area contributed by atoms with Gasteiger partial charge in [0.2, 0.25) is 5.91 Å². The maximum atomic E-state index is 12.3. The van der Waals surface area contributed by atoms with E-state index in [0.717, 1.165) is 37.1 Å². The summed E-state index contributed by atoms with van der Waals surface area (Å²) >= 11 is 0. The lowest BCUT2D eigenvalue weighted by molar-refractivity contribution is -0.119. The van der Waals surface area contributed by atoms with Gasteiger partial charge in [0.15, 0.2) is 0 Å². The number of benzene rings is 1. The molecule has 2 N–H and O–H groups in total. The molecule has 0 spiro atoms. The van der Waals surface area contributed by atoms with Crippen molar-refractivity contribution in [2.45, 2.75) is 52.0 Å². The van der Waals surface area contributed by atoms with Crippen LogP contribution in [0.1, 0.15) is 63.1 Å². The third-order valence-electron chi connectivity index (χ3n) is 4.03. The largest absolute Gasteiger partial charge is 0.324 e. The Balaban J connectivity index is 2.39. The maximum Gasteiger partial charge on any atom is 0.234 e. The zero-order valence-electron chi connectivity index (χ0n) is 12.1. The molecule has 1 aromatic carbocycles. The van der Waals surface area contributed by atoms with Crippen molar-refractivity contribution in [3.05, 3.63) is 29.3 Å². The van der Waals surface area contributed by atoms with E-state index >= 15 is 0 Å². The normalized spacial score (nSPS) is 19.7. The molecule has 104 valence electrons. The fourth-order valence-electron chi connectivity index (χ4n) is 2.97. The van der Waals surface area contributed by atoms with Gasteiger partial charge in [0.25, 0.3) is 0 Å². The van der Waals surface area contributed by atoms with Crippen molar-refractivity contribution >= 4 is 11.6 Å². The van der Waals surface area contributed by atoms with Crippen molar-refractivity contribution in [1.82, 2.24) is 0 Å². The summed E-state index contributed by atoms with van der Waals surface area (Å²) in [6.07, 6.45) is 2.92. The number of rotatable bonds is 5. The fourth-order valence-corrected chi connectivity index (χ4v) is 2.97. The summed E-state index contributed by atoms with van der Waals surface area (Å²) in [6.45, 7) is 6.98. The standard InChI is InChI=1S/C16H24N2O/c1-4-7-14(17)11-8-9-15-13(10-11)12(5-2)16(19)18(15)6-3/h8-10,12,14H,4-7,17H2,1-3H3. The van der Waals surface area contributed by atoms with Crippen LogP contribution in [0.15, 0.2) is 18.2 Å². The van der Waals surface area contributed by atoms with Gasteiger partial charge in [-0.1, -0.05) is 32.4 Å². The van der Waals surface area contributed by atoms with Gasteiger partial charge in [-0.25, -0.2) is 0 Å². The molecular weight excluding hydrogens is 236 g/mol. The number of carbonyl (C=O) groups excluding carboxylic acids is 1. The molecule has 2 unspecified atom stereocenters. The second kappa shape index (κ2) is 5.74. The molecule has 19 heavy (non-hydrogen) atoms. The molecule has 1 amide bonds. The molecule has 0 aliphatic carbocycles. The highest BCUT2D eigenvalue weighted by molar-refractivity contribution is 6.04. The van der Waals surface area contributed by atoms with Crippen LogP contribution >= 0.6 is 0 Å². The Bertz CT molecular complexity index is 470. The Morgan fingerprint density at radius 2 is 2.05 bits per heavy atom. The van der Waals surface area contributed by atoms with Gasteiger partial charge in [-0.3, -0.25) is 4.79 Å². The summed E-state index contributed by atoms with van der Waals surface area (Å²) in [5.74, 6) is 0.255. The van der Waals surface area contributed by atoms with E-state index in [2.05, 4.69) is 32.0 Å². The van der Waals surface area contributed by atoms with Gasteiger partial charge < -0.3 is 10.6 Å². The molecule has 3 heteroatoms. The second-order valence-corrected chi connectivity index (χ2v) is 5.26. The van der Waals surface area contributed by atoms with Crippen LogP contribution in [0.2, 0.25) is 0 Å². The fraction of sp³-hybridized carbons (Fsp3) is 0.562. The van der Waals surface area contributed by atoms with Crippen LogP contribution in [0.3, 0.4) is 0 Å². The zero-order chi connectivity index (χ0) is 14.0. The average molecular weight is 260 g/mol. The number of carbonyl (C=O) groups is 1. The number of fused-ring (bicyclic) bond motifs is 1. The molecule has 0 saturated heterocycles. The summed E-state index contributed by atoms with van der Waals surface area (Å²) < 4.78 is 0. The van der Waals surface area contributed by atoms with E-state index in [1.54, 1.807) is 0 Å². The number of nitrogens with two attached hydrogens (primary N) is 1. The lowest BCUT2D eigenvalue weighted by atomic mass is 9.93. The number of nitrogens with zero attached hydrogens (tertiary/aromatic N) is 1.